The summed E-state index contributed by atoms with van der Waals surface area (Å²) in [6.45, 7) is 6.32. The molecule has 0 spiro atoms. The lowest BCUT2D eigenvalue weighted by molar-refractivity contribution is -0.142. The Morgan fingerprint density at radius 3 is 1.72 bits per heavy atom. The van der Waals surface area contributed by atoms with Crippen molar-refractivity contribution in [1.82, 2.24) is 0 Å². The molecule has 1 radical (unpaired) electrons. The van der Waals surface area contributed by atoms with Gasteiger partial charge in [-0.25, -0.2) is 0 Å². The topological polar surface area (TPSA) is 26.3 Å². The number of esters is 1. The van der Waals surface area contributed by atoms with Gasteiger partial charge in [-0.3, -0.25) is 4.79 Å². The van der Waals surface area contributed by atoms with Gasteiger partial charge in [0.1, 0.15) is 0 Å². The average Bonchev–Trinajstić information content (AvgIpc) is 2.39. The normalized spacial score (nSPS) is 10.6. The molecule has 0 aliphatic rings. The SMILES string of the molecule is [CH2]CC(=O)OCCCCCCCCCCCCC. The summed E-state index contributed by atoms with van der Waals surface area (Å²) in [5.41, 5.74) is 0. The van der Waals surface area contributed by atoms with E-state index in [-0.39, 0.29) is 12.4 Å². The minimum Gasteiger partial charge on any atom is -0.466 e. The molecule has 0 heterocycles. The number of carbonyl (C=O) groups excluding carboxylic acids is 1. The van der Waals surface area contributed by atoms with Crippen molar-refractivity contribution in [2.24, 2.45) is 0 Å². The molecule has 0 aromatic rings. The average molecular weight is 255 g/mol. The summed E-state index contributed by atoms with van der Waals surface area (Å²) in [4.78, 5) is 10.8. The minimum atomic E-state index is -0.179. The van der Waals surface area contributed by atoms with Crippen LogP contribution < -0.4 is 0 Å². The number of ether oxygens (including phenoxy) is 1. The van der Waals surface area contributed by atoms with E-state index in [1.54, 1.807) is 0 Å². The molecule has 107 valence electrons. The second-order valence-corrected chi connectivity index (χ2v) is 5.01. The fraction of sp³-hybridized carbons (Fsp3) is 0.875. The Morgan fingerprint density at radius 1 is 0.833 bits per heavy atom. The summed E-state index contributed by atoms with van der Waals surface area (Å²) in [6, 6.07) is 0. The number of hydrogen-bond acceptors (Lipinski definition) is 2. The van der Waals surface area contributed by atoms with Crippen LogP contribution in [0, 0.1) is 6.92 Å². The first kappa shape index (κ1) is 17.5. The molecule has 0 rings (SSSR count). The van der Waals surface area contributed by atoms with E-state index >= 15 is 0 Å². The van der Waals surface area contributed by atoms with E-state index in [1.807, 2.05) is 0 Å². The zero-order valence-corrected chi connectivity index (χ0v) is 12.2. The molecule has 0 saturated heterocycles. The lowest BCUT2D eigenvalue weighted by atomic mass is 10.1. The van der Waals surface area contributed by atoms with Gasteiger partial charge in [-0.2, -0.15) is 0 Å². The first-order valence-electron chi connectivity index (χ1n) is 7.76. The van der Waals surface area contributed by atoms with Gasteiger partial charge in [-0.05, 0) is 13.3 Å². The molecule has 0 amide bonds. The third-order valence-electron chi connectivity index (χ3n) is 3.22. The van der Waals surface area contributed by atoms with E-state index in [0.29, 0.717) is 6.61 Å². The summed E-state index contributed by atoms with van der Waals surface area (Å²) >= 11 is 0. The molecule has 2 nitrogen and oxygen atoms in total. The first-order chi connectivity index (χ1) is 8.81. The van der Waals surface area contributed by atoms with Crippen LogP contribution in [0.15, 0.2) is 0 Å². The Bertz CT molecular complexity index is 178. The molecule has 0 aliphatic carbocycles. The zero-order chi connectivity index (χ0) is 13.5. The van der Waals surface area contributed by atoms with E-state index in [4.69, 9.17) is 4.74 Å². The van der Waals surface area contributed by atoms with E-state index in [0.717, 1.165) is 6.42 Å². The lowest BCUT2D eigenvalue weighted by Crippen LogP contribution is -2.03. The van der Waals surface area contributed by atoms with Crippen molar-refractivity contribution in [3.8, 4) is 0 Å². The third kappa shape index (κ3) is 13.5. The molecule has 0 atom stereocenters. The van der Waals surface area contributed by atoms with Gasteiger partial charge in [-0.15, -0.1) is 0 Å². The molecule has 0 aliphatic heterocycles. The number of carbonyl (C=O) groups is 1. The number of rotatable bonds is 13. The molecule has 0 aromatic heterocycles. The molecule has 2 heteroatoms. The first-order valence-corrected chi connectivity index (χ1v) is 7.76. The Balaban J connectivity index is 2.97. The molecular formula is C16H31O2. The van der Waals surface area contributed by atoms with Crippen LogP contribution in [0.5, 0.6) is 0 Å². The molecule has 0 bridgehead atoms. The van der Waals surface area contributed by atoms with Gasteiger partial charge in [0.05, 0.1) is 6.61 Å². The van der Waals surface area contributed by atoms with Crippen LogP contribution in [0.4, 0.5) is 0 Å². The molecule has 18 heavy (non-hydrogen) atoms. The second-order valence-electron chi connectivity index (χ2n) is 5.01. The Labute approximate surface area is 113 Å². The molecule has 0 N–H and O–H groups in total. The third-order valence-corrected chi connectivity index (χ3v) is 3.22. The summed E-state index contributed by atoms with van der Waals surface area (Å²) in [6.07, 6.45) is 14.7. The van der Waals surface area contributed by atoms with E-state index in [2.05, 4.69) is 13.8 Å². The van der Waals surface area contributed by atoms with Crippen molar-refractivity contribution < 1.29 is 9.53 Å². The summed E-state index contributed by atoms with van der Waals surface area (Å²) < 4.78 is 4.97. The monoisotopic (exact) mass is 255 g/mol. The number of hydrogen-bond donors (Lipinski definition) is 0. The second kappa shape index (κ2) is 14.5. The van der Waals surface area contributed by atoms with Crippen molar-refractivity contribution in [3.05, 3.63) is 6.92 Å². The van der Waals surface area contributed by atoms with Gasteiger partial charge in [0, 0.05) is 6.42 Å². The van der Waals surface area contributed by atoms with E-state index in [1.165, 1.54) is 64.2 Å². The molecular weight excluding hydrogens is 224 g/mol. The fourth-order valence-corrected chi connectivity index (χ4v) is 2.02. The Hall–Kier alpha value is -0.530. The molecule has 0 fully saturated rings. The summed E-state index contributed by atoms with van der Waals surface area (Å²) in [7, 11) is 0. The predicted molar refractivity (Wildman–Crippen MR) is 77.4 cm³/mol. The smallest absolute Gasteiger partial charge is 0.305 e. The maximum atomic E-state index is 10.8. The highest BCUT2D eigenvalue weighted by Crippen LogP contribution is 2.11. The van der Waals surface area contributed by atoms with Gasteiger partial charge in [0.15, 0.2) is 0 Å². The van der Waals surface area contributed by atoms with Crippen LogP contribution >= 0.6 is 0 Å². The van der Waals surface area contributed by atoms with Crippen LogP contribution in [0.3, 0.4) is 0 Å². The van der Waals surface area contributed by atoms with Gasteiger partial charge < -0.3 is 4.74 Å². The van der Waals surface area contributed by atoms with Crippen LogP contribution in [-0.2, 0) is 9.53 Å². The van der Waals surface area contributed by atoms with Crippen LogP contribution in [0.1, 0.15) is 84.0 Å². The minimum absolute atomic E-state index is 0.179. The highest BCUT2D eigenvalue weighted by atomic mass is 16.5. The van der Waals surface area contributed by atoms with Gasteiger partial charge >= 0.3 is 5.97 Å². The molecule has 0 saturated carbocycles. The Kier molecular flexibility index (Phi) is 14.1. The van der Waals surface area contributed by atoms with Crippen LogP contribution in [-0.4, -0.2) is 12.6 Å². The van der Waals surface area contributed by atoms with Crippen molar-refractivity contribution in [2.45, 2.75) is 84.0 Å². The van der Waals surface area contributed by atoms with Crippen molar-refractivity contribution in [3.63, 3.8) is 0 Å². The lowest BCUT2D eigenvalue weighted by Gasteiger charge is -2.03. The maximum Gasteiger partial charge on any atom is 0.305 e. The van der Waals surface area contributed by atoms with Gasteiger partial charge in [0.25, 0.3) is 0 Å². The zero-order valence-electron chi connectivity index (χ0n) is 12.2. The summed E-state index contributed by atoms with van der Waals surface area (Å²) in [5.74, 6) is -0.179. The fourth-order valence-electron chi connectivity index (χ4n) is 2.02. The van der Waals surface area contributed by atoms with Crippen LogP contribution in [0.2, 0.25) is 0 Å². The summed E-state index contributed by atoms with van der Waals surface area (Å²) in [5, 5.41) is 0. The molecule has 0 aromatic carbocycles. The van der Waals surface area contributed by atoms with E-state index < -0.39 is 0 Å². The Morgan fingerprint density at radius 2 is 1.28 bits per heavy atom. The highest BCUT2D eigenvalue weighted by Gasteiger charge is 1.97. The van der Waals surface area contributed by atoms with Gasteiger partial charge in [-0.1, -0.05) is 71.1 Å². The highest BCUT2D eigenvalue weighted by molar-refractivity contribution is 5.69. The van der Waals surface area contributed by atoms with Crippen molar-refractivity contribution >= 4 is 5.97 Å². The maximum absolute atomic E-state index is 10.8. The largest absolute Gasteiger partial charge is 0.466 e. The van der Waals surface area contributed by atoms with E-state index in [9.17, 15) is 4.79 Å². The van der Waals surface area contributed by atoms with Crippen molar-refractivity contribution in [2.75, 3.05) is 6.61 Å². The van der Waals surface area contributed by atoms with Gasteiger partial charge in [0.2, 0.25) is 0 Å². The van der Waals surface area contributed by atoms with Crippen LogP contribution in [0.25, 0.3) is 0 Å². The van der Waals surface area contributed by atoms with Crippen molar-refractivity contribution in [1.29, 1.82) is 0 Å². The standard InChI is InChI=1S/C16H31O2/c1-3-5-6-7-8-9-10-11-12-13-14-15-18-16(17)4-2/h2-15H2,1H3. The number of unbranched alkanes of at least 4 members (excludes halogenated alkanes) is 10. The predicted octanol–water partition coefficient (Wildman–Crippen LogP) is 5.06. The molecule has 0 unspecified atom stereocenters. The quantitative estimate of drug-likeness (QED) is 0.339.